The summed E-state index contributed by atoms with van der Waals surface area (Å²) >= 11 is 0. The third kappa shape index (κ3) is 2.91. The monoisotopic (exact) mass is 406 g/mol. The van der Waals surface area contributed by atoms with E-state index >= 15 is 0 Å². The summed E-state index contributed by atoms with van der Waals surface area (Å²) in [6.07, 6.45) is 7.06. The topological polar surface area (TPSA) is 71.9 Å². The number of hydrogen-bond donors (Lipinski definition) is 1. The van der Waals surface area contributed by atoms with E-state index in [0.29, 0.717) is 17.4 Å². The van der Waals surface area contributed by atoms with Crippen LogP contribution in [0.25, 0.3) is 16.5 Å². The molecule has 6 heteroatoms. The van der Waals surface area contributed by atoms with Crippen LogP contribution < -0.4 is 5.56 Å². The quantitative estimate of drug-likeness (QED) is 0.704. The maximum Gasteiger partial charge on any atom is 0.273 e. The lowest BCUT2D eigenvalue weighted by molar-refractivity contribution is 0.546. The number of nitrogens with zero attached hydrogens (tertiary/aromatic N) is 1. The van der Waals surface area contributed by atoms with Crippen LogP contribution in [0.4, 0.5) is 0 Å². The summed E-state index contributed by atoms with van der Waals surface area (Å²) in [6, 6.07) is 13.1. The van der Waals surface area contributed by atoms with Gasteiger partial charge in [0.05, 0.1) is 0 Å². The largest absolute Gasteiger partial charge is 0.327 e. The third-order valence-corrected chi connectivity index (χ3v) is 8.24. The van der Waals surface area contributed by atoms with Crippen molar-refractivity contribution in [1.82, 2.24) is 8.96 Å². The standard InChI is InChI=1S/C23H22N2O3S/c1-16-15-20(17(2)18-7-5-4-6-8-18)9-12-23(16,3)29(27,28)25-14-11-19-10-13-24-22(26)21(19)25/h4-11,13-15H,2,12H2,1,3H3,(H,24,26). The summed E-state index contributed by atoms with van der Waals surface area (Å²) in [5, 5.41) is 0.590. The molecule has 2 heterocycles. The van der Waals surface area contributed by atoms with Crippen molar-refractivity contribution in [2.75, 3.05) is 0 Å². The minimum absolute atomic E-state index is 0.144. The average molecular weight is 407 g/mol. The van der Waals surface area contributed by atoms with Crippen molar-refractivity contribution in [2.45, 2.75) is 25.0 Å². The molecule has 1 N–H and O–H groups in total. The zero-order chi connectivity index (χ0) is 20.8. The molecule has 0 fully saturated rings. The van der Waals surface area contributed by atoms with E-state index in [4.69, 9.17) is 0 Å². The van der Waals surface area contributed by atoms with Crippen LogP contribution in [0, 0.1) is 0 Å². The van der Waals surface area contributed by atoms with Crippen molar-refractivity contribution in [1.29, 1.82) is 0 Å². The molecule has 1 aliphatic carbocycles. The van der Waals surface area contributed by atoms with E-state index in [-0.39, 0.29) is 5.52 Å². The zero-order valence-electron chi connectivity index (χ0n) is 16.3. The molecule has 0 aliphatic heterocycles. The fourth-order valence-electron chi connectivity index (χ4n) is 3.72. The van der Waals surface area contributed by atoms with Gasteiger partial charge in [-0.1, -0.05) is 49.1 Å². The fraction of sp³-hybridized carbons (Fsp3) is 0.174. The number of H-pyrrole nitrogens is 1. The van der Waals surface area contributed by atoms with Gasteiger partial charge in [0.15, 0.2) is 0 Å². The van der Waals surface area contributed by atoms with Gasteiger partial charge in [0.1, 0.15) is 10.3 Å². The molecule has 5 nitrogen and oxygen atoms in total. The molecular formula is C23H22N2O3S. The van der Waals surface area contributed by atoms with Crippen molar-refractivity contribution >= 4 is 26.5 Å². The van der Waals surface area contributed by atoms with E-state index in [9.17, 15) is 13.2 Å². The van der Waals surface area contributed by atoms with Gasteiger partial charge in [-0.25, -0.2) is 12.4 Å². The van der Waals surface area contributed by atoms with Gasteiger partial charge in [-0.15, -0.1) is 0 Å². The van der Waals surface area contributed by atoms with Crippen molar-refractivity contribution in [3.05, 3.63) is 101 Å². The molecule has 3 aromatic rings. The molecule has 2 aromatic heterocycles. The first-order chi connectivity index (χ1) is 13.8. The van der Waals surface area contributed by atoms with Gasteiger partial charge in [0.2, 0.25) is 10.0 Å². The lowest BCUT2D eigenvalue weighted by atomic mass is 9.86. The molecule has 4 rings (SSSR count). The lowest BCUT2D eigenvalue weighted by Crippen LogP contribution is -2.41. The maximum atomic E-state index is 13.6. The summed E-state index contributed by atoms with van der Waals surface area (Å²) in [7, 11) is -3.88. The minimum Gasteiger partial charge on any atom is -0.327 e. The fourth-order valence-corrected chi connectivity index (χ4v) is 5.57. The van der Waals surface area contributed by atoms with Gasteiger partial charge < -0.3 is 4.98 Å². The van der Waals surface area contributed by atoms with E-state index in [1.165, 1.54) is 12.4 Å². The Morgan fingerprint density at radius 1 is 1.17 bits per heavy atom. The number of fused-ring (bicyclic) bond motifs is 1. The normalized spacial score (nSPS) is 19.7. The number of aromatic amines is 1. The summed E-state index contributed by atoms with van der Waals surface area (Å²) in [4.78, 5) is 14.9. The molecule has 0 spiro atoms. The average Bonchev–Trinajstić information content (AvgIpc) is 3.16. The second-order valence-electron chi connectivity index (χ2n) is 7.49. The Morgan fingerprint density at radius 3 is 2.59 bits per heavy atom. The van der Waals surface area contributed by atoms with Crippen LogP contribution in [0.3, 0.4) is 0 Å². The van der Waals surface area contributed by atoms with E-state index in [0.717, 1.165) is 20.7 Å². The SMILES string of the molecule is C=C(C1=CCC(C)(S(=O)(=O)n2ccc3cc[nH]c(=O)c32)C(C)=C1)c1ccccc1. The second kappa shape index (κ2) is 6.74. The highest BCUT2D eigenvalue weighted by atomic mass is 32.2. The maximum absolute atomic E-state index is 13.6. The van der Waals surface area contributed by atoms with Gasteiger partial charge in [-0.05, 0) is 54.7 Å². The number of allylic oxidation sites excluding steroid dienone is 4. The van der Waals surface area contributed by atoms with Crippen molar-refractivity contribution < 1.29 is 8.42 Å². The predicted molar refractivity (Wildman–Crippen MR) is 117 cm³/mol. The molecule has 0 saturated carbocycles. The minimum atomic E-state index is -3.88. The molecular weight excluding hydrogens is 384 g/mol. The molecule has 1 aliphatic rings. The number of nitrogens with one attached hydrogen (secondary N) is 1. The number of aromatic nitrogens is 2. The molecule has 1 aromatic carbocycles. The van der Waals surface area contributed by atoms with Gasteiger partial charge in [-0.3, -0.25) is 4.79 Å². The van der Waals surface area contributed by atoms with E-state index in [1.54, 1.807) is 19.1 Å². The van der Waals surface area contributed by atoms with Crippen LogP contribution in [-0.2, 0) is 10.0 Å². The Balaban J connectivity index is 1.76. The first-order valence-corrected chi connectivity index (χ1v) is 10.8. The van der Waals surface area contributed by atoms with Gasteiger partial charge in [0, 0.05) is 17.8 Å². The van der Waals surface area contributed by atoms with Crippen molar-refractivity contribution in [3.8, 4) is 0 Å². The molecule has 0 amide bonds. The van der Waals surface area contributed by atoms with E-state index < -0.39 is 20.3 Å². The van der Waals surface area contributed by atoms with Crippen molar-refractivity contribution in [3.63, 3.8) is 0 Å². The van der Waals surface area contributed by atoms with Gasteiger partial charge in [0.25, 0.3) is 5.56 Å². The summed E-state index contributed by atoms with van der Waals surface area (Å²) in [5.41, 5.74) is 3.19. The molecule has 0 saturated heterocycles. The Bertz CT molecular complexity index is 1340. The first-order valence-electron chi connectivity index (χ1n) is 9.33. The van der Waals surface area contributed by atoms with Crippen LogP contribution in [-0.4, -0.2) is 22.1 Å². The Morgan fingerprint density at radius 2 is 1.90 bits per heavy atom. The number of rotatable bonds is 4. The highest BCUT2D eigenvalue weighted by Crippen LogP contribution is 2.39. The second-order valence-corrected chi connectivity index (χ2v) is 9.74. The van der Waals surface area contributed by atoms with Crippen LogP contribution in [0.5, 0.6) is 0 Å². The van der Waals surface area contributed by atoms with Gasteiger partial charge in [-0.2, -0.15) is 0 Å². The van der Waals surface area contributed by atoms with Crippen LogP contribution in [0.2, 0.25) is 0 Å². The molecule has 0 bridgehead atoms. The Labute approximate surface area is 169 Å². The molecule has 148 valence electrons. The highest BCUT2D eigenvalue weighted by molar-refractivity contribution is 7.91. The predicted octanol–water partition coefficient (Wildman–Crippen LogP) is 4.26. The molecule has 1 unspecified atom stereocenters. The summed E-state index contributed by atoms with van der Waals surface area (Å²) in [6.45, 7) is 7.70. The summed E-state index contributed by atoms with van der Waals surface area (Å²) in [5.74, 6) is 0. The Kier molecular flexibility index (Phi) is 4.46. The Hall–Kier alpha value is -3.12. The van der Waals surface area contributed by atoms with Crippen LogP contribution in [0.1, 0.15) is 25.8 Å². The van der Waals surface area contributed by atoms with Crippen LogP contribution in [0.15, 0.2) is 89.5 Å². The van der Waals surface area contributed by atoms with E-state index in [1.807, 2.05) is 49.4 Å². The lowest BCUT2D eigenvalue weighted by Gasteiger charge is -2.33. The van der Waals surface area contributed by atoms with Gasteiger partial charge >= 0.3 is 0 Å². The van der Waals surface area contributed by atoms with Crippen molar-refractivity contribution in [2.24, 2.45) is 0 Å². The number of benzene rings is 1. The first kappa shape index (κ1) is 19.2. The molecule has 1 atom stereocenters. The number of hydrogen-bond acceptors (Lipinski definition) is 3. The number of pyridine rings is 1. The summed E-state index contributed by atoms with van der Waals surface area (Å²) < 4.78 is 27.2. The molecule has 0 radical (unpaired) electrons. The smallest absolute Gasteiger partial charge is 0.273 e. The molecule has 29 heavy (non-hydrogen) atoms. The van der Waals surface area contributed by atoms with E-state index in [2.05, 4.69) is 11.6 Å². The van der Waals surface area contributed by atoms with Crippen LogP contribution >= 0.6 is 0 Å². The third-order valence-electron chi connectivity index (χ3n) is 5.79. The zero-order valence-corrected chi connectivity index (χ0v) is 17.2. The highest BCUT2D eigenvalue weighted by Gasteiger charge is 2.43.